The van der Waals surface area contributed by atoms with E-state index in [1.807, 2.05) is 36.7 Å². The molecule has 2 aromatic heterocycles. The number of hydrogen-bond donors (Lipinski definition) is 1. The predicted molar refractivity (Wildman–Crippen MR) is 163 cm³/mol. The second-order valence-electron chi connectivity index (χ2n) is 10.7. The Morgan fingerprint density at radius 2 is 1.59 bits per heavy atom. The van der Waals surface area contributed by atoms with Crippen molar-refractivity contribution in [2.24, 2.45) is 0 Å². The zero-order chi connectivity index (χ0) is 28.2. The van der Waals surface area contributed by atoms with Crippen molar-refractivity contribution < 1.29 is 14.2 Å². The Balaban J connectivity index is 1.35. The Hall–Kier alpha value is -4.13. The summed E-state index contributed by atoms with van der Waals surface area (Å²) in [6.45, 7) is 4.23. The molecule has 0 unspecified atom stereocenters. The van der Waals surface area contributed by atoms with Gasteiger partial charge in [-0.1, -0.05) is 42.5 Å². The fourth-order valence-electron chi connectivity index (χ4n) is 6.08. The summed E-state index contributed by atoms with van der Waals surface area (Å²) in [6, 6.07) is 27.8. The number of nitrogens with zero attached hydrogens (tertiary/aromatic N) is 2. The van der Waals surface area contributed by atoms with Crippen LogP contribution in [0.1, 0.15) is 52.5 Å². The van der Waals surface area contributed by atoms with Crippen molar-refractivity contribution in [3.05, 3.63) is 125 Å². The molecule has 0 amide bonds. The third-order valence-electron chi connectivity index (χ3n) is 8.16. The highest BCUT2D eigenvalue weighted by molar-refractivity contribution is 5.86. The van der Waals surface area contributed by atoms with Crippen LogP contribution in [0.15, 0.2) is 91.3 Å². The summed E-state index contributed by atoms with van der Waals surface area (Å²) in [6.07, 6.45) is 5.66. The molecule has 2 atom stereocenters. The highest BCUT2D eigenvalue weighted by Crippen LogP contribution is 2.38. The van der Waals surface area contributed by atoms with Crippen molar-refractivity contribution in [1.82, 2.24) is 14.9 Å². The van der Waals surface area contributed by atoms with Crippen LogP contribution < -0.4 is 14.8 Å². The van der Waals surface area contributed by atoms with Gasteiger partial charge in [0.25, 0.3) is 0 Å². The summed E-state index contributed by atoms with van der Waals surface area (Å²) in [5.41, 5.74) is 8.96. The molecule has 0 fully saturated rings. The summed E-state index contributed by atoms with van der Waals surface area (Å²) >= 11 is 0. The van der Waals surface area contributed by atoms with Crippen molar-refractivity contribution in [1.29, 1.82) is 0 Å². The zero-order valence-electron chi connectivity index (χ0n) is 24.0. The van der Waals surface area contributed by atoms with Gasteiger partial charge in [0.05, 0.1) is 33.5 Å². The number of methoxy groups -OCH3 is 2. The Labute approximate surface area is 241 Å². The average Bonchev–Trinajstić information content (AvgIpc) is 3.32. The molecule has 0 aliphatic carbocycles. The van der Waals surface area contributed by atoms with Crippen molar-refractivity contribution in [2.75, 3.05) is 20.8 Å². The van der Waals surface area contributed by atoms with E-state index in [9.17, 15) is 0 Å². The average molecular weight is 548 g/mol. The first kappa shape index (κ1) is 27.1. The lowest BCUT2D eigenvalue weighted by molar-refractivity contribution is 0.123. The minimum absolute atomic E-state index is 0.169. The smallest absolute Gasteiger partial charge is 0.118 e. The number of para-hydroxylation sites is 1. The molecule has 6 heteroatoms. The normalized spacial score (nSPS) is 16.5. The van der Waals surface area contributed by atoms with Gasteiger partial charge >= 0.3 is 0 Å². The van der Waals surface area contributed by atoms with E-state index in [0.717, 1.165) is 36.4 Å². The van der Waals surface area contributed by atoms with Gasteiger partial charge in [0.1, 0.15) is 11.5 Å². The van der Waals surface area contributed by atoms with Crippen molar-refractivity contribution in [3.8, 4) is 11.5 Å². The molecule has 41 heavy (non-hydrogen) atoms. The van der Waals surface area contributed by atoms with Crippen LogP contribution in [-0.4, -0.2) is 30.4 Å². The lowest BCUT2D eigenvalue weighted by Crippen LogP contribution is -2.34. The molecule has 5 aromatic rings. The van der Waals surface area contributed by atoms with E-state index in [1.165, 1.54) is 38.9 Å². The van der Waals surface area contributed by atoms with E-state index in [4.69, 9.17) is 14.2 Å². The zero-order valence-corrected chi connectivity index (χ0v) is 24.0. The molecule has 1 N–H and O–H groups in total. The highest BCUT2D eigenvalue weighted by atomic mass is 16.5. The first-order chi connectivity index (χ1) is 20.1. The molecular formula is C35H37N3O3. The van der Waals surface area contributed by atoms with Crippen molar-refractivity contribution >= 4 is 10.9 Å². The Morgan fingerprint density at radius 3 is 2.32 bits per heavy atom. The first-order valence-corrected chi connectivity index (χ1v) is 14.3. The lowest BCUT2D eigenvalue weighted by Gasteiger charge is -2.33. The van der Waals surface area contributed by atoms with Crippen LogP contribution in [0.2, 0.25) is 0 Å². The summed E-state index contributed by atoms with van der Waals surface area (Å²) in [4.78, 5) is 4.39. The third kappa shape index (κ3) is 5.71. The molecule has 3 aromatic carbocycles. The number of hydrogen-bond acceptors (Lipinski definition) is 5. The third-order valence-corrected chi connectivity index (χ3v) is 8.16. The number of rotatable bonds is 10. The molecule has 0 spiro atoms. The van der Waals surface area contributed by atoms with E-state index in [0.29, 0.717) is 13.2 Å². The Bertz CT molecular complexity index is 1610. The summed E-state index contributed by atoms with van der Waals surface area (Å²) in [5.74, 6) is 1.73. The van der Waals surface area contributed by atoms with Crippen LogP contribution in [-0.2, 0) is 30.7 Å². The maximum Gasteiger partial charge on any atom is 0.118 e. The van der Waals surface area contributed by atoms with Crippen molar-refractivity contribution in [3.63, 3.8) is 0 Å². The highest BCUT2D eigenvalue weighted by Gasteiger charge is 2.30. The quantitative estimate of drug-likeness (QED) is 0.195. The number of aromatic nitrogens is 2. The van der Waals surface area contributed by atoms with Crippen LogP contribution in [0.3, 0.4) is 0 Å². The van der Waals surface area contributed by atoms with Gasteiger partial charge in [-0.15, -0.1) is 0 Å². The maximum atomic E-state index is 6.23. The summed E-state index contributed by atoms with van der Waals surface area (Å²) in [7, 11) is 3.39. The second kappa shape index (κ2) is 12.2. The molecule has 0 bridgehead atoms. The summed E-state index contributed by atoms with van der Waals surface area (Å²) in [5, 5.41) is 5.22. The number of nitrogens with one attached hydrogen (secondary N) is 1. The van der Waals surface area contributed by atoms with E-state index in [2.05, 4.69) is 76.4 Å². The van der Waals surface area contributed by atoms with E-state index in [1.54, 1.807) is 14.2 Å². The van der Waals surface area contributed by atoms with Crippen LogP contribution >= 0.6 is 0 Å². The van der Waals surface area contributed by atoms with Gasteiger partial charge in [-0.25, -0.2) is 0 Å². The molecule has 210 valence electrons. The second-order valence-corrected chi connectivity index (χ2v) is 10.7. The van der Waals surface area contributed by atoms with Gasteiger partial charge in [-0.05, 0) is 84.0 Å². The molecule has 6 rings (SSSR count). The van der Waals surface area contributed by atoms with Gasteiger partial charge in [0.15, 0.2) is 0 Å². The molecule has 1 aliphatic rings. The minimum Gasteiger partial charge on any atom is -0.497 e. The SMILES string of the molecule is COc1ccc(COCCc2c([C@@H]3Cc4ccncc4[C@H](C)N3)n(Cc3ccc(OC)cc3)c3ccccc23)cc1. The number of ether oxygens (including phenoxy) is 3. The molecular weight excluding hydrogens is 510 g/mol. The predicted octanol–water partition coefficient (Wildman–Crippen LogP) is 6.81. The largest absolute Gasteiger partial charge is 0.497 e. The first-order valence-electron chi connectivity index (χ1n) is 14.3. The Kier molecular flexibility index (Phi) is 8.03. The molecule has 0 saturated heterocycles. The molecule has 1 aliphatic heterocycles. The number of fused-ring (bicyclic) bond motifs is 2. The van der Waals surface area contributed by atoms with Crippen molar-refractivity contribution in [2.45, 2.75) is 45.0 Å². The van der Waals surface area contributed by atoms with Gasteiger partial charge < -0.3 is 24.1 Å². The van der Waals surface area contributed by atoms with Crippen LogP contribution in [0.5, 0.6) is 11.5 Å². The fourth-order valence-corrected chi connectivity index (χ4v) is 6.08. The fraction of sp³-hybridized carbons (Fsp3) is 0.286. The lowest BCUT2D eigenvalue weighted by atomic mass is 9.89. The number of benzene rings is 3. The molecule has 0 radical (unpaired) electrons. The van der Waals surface area contributed by atoms with Crippen LogP contribution in [0.25, 0.3) is 10.9 Å². The maximum absolute atomic E-state index is 6.23. The monoisotopic (exact) mass is 547 g/mol. The topological polar surface area (TPSA) is 57.5 Å². The van der Waals surface area contributed by atoms with Crippen LogP contribution in [0, 0.1) is 0 Å². The van der Waals surface area contributed by atoms with Crippen LogP contribution in [0.4, 0.5) is 0 Å². The Morgan fingerprint density at radius 1 is 0.878 bits per heavy atom. The summed E-state index contributed by atoms with van der Waals surface area (Å²) < 4.78 is 19.4. The standard InChI is InChI=1S/C35H37N3O3/c1-24-32-21-36-18-16-27(32)20-33(37-24)35-31(17-19-41-23-26-10-14-29(40-3)15-11-26)30-6-4-5-7-34(30)38(35)22-25-8-12-28(39-2)13-9-25/h4-16,18,21,24,33,37H,17,19-20,22-23H2,1-3H3/t24-,33-/m0/s1. The number of pyridine rings is 1. The van der Waals surface area contributed by atoms with E-state index < -0.39 is 0 Å². The van der Waals surface area contributed by atoms with Gasteiger partial charge in [-0.3, -0.25) is 4.98 Å². The molecule has 0 saturated carbocycles. The minimum atomic E-state index is 0.169. The van der Waals surface area contributed by atoms with Gasteiger partial charge in [0.2, 0.25) is 0 Å². The van der Waals surface area contributed by atoms with E-state index >= 15 is 0 Å². The molecule has 6 nitrogen and oxygen atoms in total. The van der Waals surface area contributed by atoms with Gasteiger partial charge in [0, 0.05) is 41.6 Å². The van der Waals surface area contributed by atoms with Gasteiger partial charge in [-0.2, -0.15) is 0 Å². The van der Waals surface area contributed by atoms with E-state index in [-0.39, 0.29) is 12.1 Å². The molecule has 3 heterocycles.